The van der Waals surface area contributed by atoms with Crippen molar-refractivity contribution in [3.8, 4) is 0 Å². The van der Waals surface area contributed by atoms with Gasteiger partial charge in [-0.15, -0.1) is 0 Å². The number of hydrogen-bond donors (Lipinski definition) is 1. The van der Waals surface area contributed by atoms with Crippen molar-refractivity contribution in [1.29, 1.82) is 0 Å². The molecule has 1 aromatic heterocycles. The van der Waals surface area contributed by atoms with Crippen LogP contribution in [0, 0.1) is 0 Å². The highest BCUT2D eigenvalue weighted by Crippen LogP contribution is 2.32. The van der Waals surface area contributed by atoms with Gasteiger partial charge in [-0.3, -0.25) is 5.43 Å². The van der Waals surface area contributed by atoms with Crippen LogP contribution in [0.3, 0.4) is 0 Å². The predicted molar refractivity (Wildman–Crippen MR) is 81.2 cm³/mol. The summed E-state index contributed by atoms with van der Waals surface area (Å²) in [7, 11) is 0. The number of halogens is 4. The van der Waals surface area contributed by atoms with E-state index in [2.05, 4.69) is 15.5 Å². The van der Waals surface area contributed by atoms with Gasteiger partial charge in [0.2, 0.25) is 0 Å². The van der Waals surface area contributed by atoms with Gasteiger partial charge >= 0.3 is 6.18 Å². The molecule has 3 nitrogen and oxygen atoms in total. The third kappa shape index (κ3) is 4.21. The molecule has 0 amide bonds. The Bertz CT molecular complexity index is 657. The zero-order valence-electron chi connectivity index (χ0n) is 11.6. The summed E-state index contributed by atoms with van der Waals surface area (Å²) in [5, 5.41) is 3.83. The second kappa shape index (κ2) is 6.79. The molecule has 0 unspecified atom stereocenters. The normalized spacial score (nSPS) is 13.3. The van der Waals surface area contributed by atoms with Crippen LogP contribution in [0.5, 0.6) is 0 Å². The number of aromatic nitrogens is 1. The van der Waals surface area contributed by atoms with Gasteiger partial charge in [-0.05, 0) is 11.6 Å². The Hall–Kier alpha value is -2.08. The molecule has 0 spiro atoms. The van der Waals surface area contributed by atoms with E-state index in [1.807, 2.05) is 37.3 Å². The number of nitrogens with zero attached hydrogens (tertiary/aromatic N) is 2. The highest BCUT2D eigenvalue weighted by molar-refractivity contribution is 6.32. The molecule has 1 N–H and O–H groups in total. The number of pyridine rings is 1. The van der Waals surface area contributed by atoms with Gasteiger partial charge in [0.05, 0.1) is 10.6 Å². The monoisotopic (exact) mass is 327 g/mol. The average molecular weight is 328 g/mol. The molecule has 1 aromatic carbocycles. The van der Waals surface area contributed by atoms with Crippen molar-refractivity contribution >= 4 is 23.6 Å². The molecule has 0 aliphatic carbocycles. The van der Waals surface area contributed by atoms with E-state index in [0.29, 0.717) is 6.20 Å². The molecule has 0 bridgehead atoms. The van der Waals surface area contributed by atoms with Crippen LogP contribution < -0.4 is 5.43 Å². The lowest BCUT2D eigenvalue weighted by molar-refractivity contribution is -0.137. The molecular weight excluding hydrogens is 315 g/mol. The summed E-state index contributed by atoms with van der Waals surface area (Å²) in [6.45, 7) is 1.95. The first-order valence-electron chi connectivity index (χ1n) is 6.45. The second-order valence-electron chi connectivity index (χ2n) is 4.64. The summed E-state index contributed by atoms with van der Waals surface area (Å²) in [4.78, 5) is 3.64. The molecular formula is C15H13ClF3N3. The lowest BCUT2D eigenvalue weighted by atomic mass is 10.0. The Morgan fingerprint density at radius 3 is 2.55 bits per heavy atom. The maximum Gasteiger partial charge on any atom is 0.417 e. The fourth-order valence-corrected chi connectivity index (χ4v) is 1.94. The number of hydrogen-bond acceptors (Lipinski definition) is 3. The van der Waals surface area contributed by atoms with Crippen LogP contribution in [0.1, 0.15) is 24.0 Å². The van der Waals surface area contributed by atoms with Gasteiger partial charge in [-0.1, -0.05) is 48.9 Å². The Labute approximate surface area is 130 Å². The fourth-order valence-electron chi connectivity index (χ4n) is 1.73. The number of alkyl halides is 3. The minimum atomic E-state index is -4.47. The molecule has 0 saturated carbocycles. The van der Waals surface area contributed by atoms with E-state index < -0.39 is 11.7 Å². The van der Waals surface area contributed by atoms with E-state index in [0.717, 1.165) is 11.6 Å². The fraction of sp³-hybridized carbons (Fsp3) is 0.200. The van der Waals surface area contributed by atoms with E-state index in [9.17, 15) is 13.2 Å². The SMILES string of the molecule is C[C@H](/C=N\Nc1ncc(C(F)(F)F)cc1Cl)c1ccccc1. The molecule has 1 atom stereocenters. The first-order chi connectivity index (χ1) is 10.4. The Morgan fingerprint density at radius 2 is 1.95 bits per heavy atom. The molecule has 1 heterocycles. The van der Waals surface area contributed by atoms with Crippen molar-refractivity contribution in [3.63, 3.8) is 0 Å². The van der Waals surface area contributed by atoms with Crippen LogP contribution in [0.15, 0.2) is 47.7 Å². The molecule has 7 heteroatoms. The maximum atomic E-state index is 12.5. The van der Waals surface area contributed by atoms with Gasteiger partial charge in [-0.25, -0.2) is 4.98 Å². The third-order valence-corrected chi connectivity index (χ3v) is 3.25. The number of rotatable bonds is 4. The van der Waals surface area contributed by atoms with Crippen LogP contribution in [0.4, 0.5) is 19.0 Å². The van der Waals surface area contributed by atoms with E-state index >= 15 is 0 Å². The minimum Gasteiger partial charge on any atom is -0.260 e. The van der Waals surface area contributed by atoms with Crippen LogP contribution in [-0.4, -0.2) is 11.2 Å². The van der Waals surface area contributed by atoms with Crippen molar-refractivity contribution in [2.45, 2.75) is 19.0 Å². The van der Waals surface area contributed by atoms with Gasteiger partial charge < -0.3 is 0 Å². The van der Waals surface area contributed by atoms with Crippen molar-refractivity contribution in [2.24, 2.45) is 5.10 Å². The molecule has 0 radical (unpaired) electrons. The van der Waals surface area contributed by atoms with E-state index in [1.165, 1.54) is 0 Å². The summed E-state index contributed by atoms with van der Waals surface area (Å²) in [6, 6.07) is 10.5. The van der Waals surface area contributed by atoms with Gasteiger partial charge in [0.15, 0.2) is 5.82 Å². The predicted octanol–water partition coefficient (Wildman–Crippen LogP) is 4.96. The average Bonchev–Trinajstić information content (AvgIpc) is 2.48. The Morgan fingerprint density at radius 1 is 1.27 bits per heavy atom. The second-order valence-corrected chi connectivity index (χ2v) is 5.05. The molecule has 0 fully saturated rings. The number of benzene rings is 1. The maximum absolute atomic E-state index is 12.5. The molecule has 2 rings (SSSR count). The van der Waals surface area contributed by atoms with E-state index in [1.54, 1.807) is 6.21 Å². The topological polar surface area (TPSA) is 37.3 Å². The highest BCUT2D eigenvalue weighted by atomic mass is 35.5. The number of nitrogens with one attached hydrogen (secondary N) is 1. The molecule has 2 aromatic rings. The lowest BCUT2D eigenvalue weighted by Crippen LogP contribution is -2.06. The van der Waals surface area contributed by atoms with Gasteiger partial charge in [0.1, 0.15) is 0 Å². The van der Waals surface area contributed by atoms with Gasteiger partial charge in [0, 0.05) is 18.3 Å². The smallest absolute Gasteiger partial charge is 0.260 e. The zero-order chi connectivity index (χ0) is 16.2. The zero-order valence-corrected chi connectivity index (χ0v) is 12.4. The highest BCUT2D eigenvalue weighted by Gasteiger charge is 2.31. The Kier molecular flexibility index (Phi) is 5.03. The minimum absolute atomic E-state index is 0.0434. The van der Waals surface area contributed by atoms with Crippen LogP contribution in [0.25, 0.3) is 0 Å². The summed E-state index contributed by atoms with van der Waals surface area (Å²) >= 11 is 5.77. The standard InChI is InChI=1S/C15H13ClF3N3/c1-10(11-5-3-2-4-6-11)8-21-22-14-13(16)7-12(9-20-14)15(17,18)19/h2-10H,1H3,(H,20,22)/b21-8-/t10-/m1/s1. The summed E-state index contributed by atoms with van der Waals surface area (Å²) in [5.74, 6) is 0.119. The molecule has 22 heavy (non-hydrogen) atoms. The summed E-state index contributed by atoms with van der Waals surface area (Å²) in [5.41, 5.74) is 2.72. The van der Waals surface area contributed by atoms with Crippen LogP contribution >= 0.6 is 11.6 Å². The largest absolute Gasteiger partial charge is 0.417 e. The third-order valence-electron chi connectivity index (χ3n) is 2.96. The van der Waals surface area contributed by atoms with E-state index in [-0.39, 0.29) is 16.8 Å². The molecule has 0 aliphatic heterocycles. The number of anilines is 1. The summed E-state index contributed by atoms with van der Waals surface area (Å²) < 4.78 is 37.5. The van der Waals surface area contributed by atoms with Gasteiger partial charge in [-0.2, -0.15) is 18.3 Å². The van der Waals surface area contributed by atoms with Crippen molar-refractivity contribution in [3.05, 3.63) is 58.7 Å². The first kappa shape index (κ1) is 16.3. The number of hydrazone groups is 1. The molecule has 0 aliphatic rings. The summed E-state index contributed by atoms with van der Waals surface area (Å²) in [6.07, 6.45) is -2.13. The molecule has 116 valence electrons. The van der Waals surface area contributed by atoms with Gasteiger partial charge in [0.25, 0.3) is 0 Å². The van der Waals surface area contributed by atoms with Crippen molar-refractivity contribution in [2.75, 3.05) is 5.43 Å². The van der Waals surface area contributed by atoms with E-state index in [4.69, 9.17) is 11.6 Å². The first-order valence-corrected chi connectivity index (χ1v) is 6.82. The lowest BCUT2D eigenvalue weighted by Gasteiger charge is -2.09. The van der Waals surface area contributed by atoms with Crippen LogP contribution in [0.2, 0.25) is 5.02 Å². The van der Waals surface area contributed by atoms with Crippen molar-refractivity contribution < 1.29 is 13.2 Å². The van der Waals surface area contributed by atoms with Crippen LogP contribution in [-0.2, 0) is 6.18 Å². The Balaban J connectivity index is 2.04. The quantitative estimate of drug-likeness (QED) is 0.637. The molecule has 0 saturated heterocycles. The van der Waals surface area contributed by atoms with Crippen molar-refractivity contribution in [1.82, 2.24) is 4.98 Å².